The summed E-state index contributed by atoms with van der Waals surface area (Å²) in [5, 5.41) is 6.32. The number of carbonyl (C=O) groups excluding carboxylic acids is 2. The summed E-state index contributed by atoms with van der Waals surface area (Å²) < 4.78 is 6.36. The Balaban J connectivity index is 1.57. The number of thioether (sulfide) groups is 1. The van der Waals surface area contributed by atoms with E-state index in [1.807, 2.05) is 6.07 Å². The highest BCUT2D eigenvalue weighted by molar-refractivity contribution is 7.99. The van der Waals surface area contributed by atoms with Crippen LogP contribution in [0, 0.1) is 0 Å². The zero-order valence-corrected chi connectivity index (χ0v) is 20.0. The molecule has 0 saturated heterocycles. The highest BCUT2D eigenvalue weighted by Crippen LogP contribution is 2.39. The fourth-order valence-electron chi connectivity index (χ4n) is 3.25. The number of halogens is 1. The van der Waals surface area contributed by atoms with Gasteiger partial charge in [-0.2, -0.15) is 0 Å². The normalized spacial score (nSPS) is 10.9. The summed E-state index contributed by atoms with van der Waals surface area (Å²) >= 11 is 8.65. The third-order valence-electron chi connectivity index (χ3n) is 4.87. The third-order valence-corrected chi connectivity index (χ3v) is 7.13. The second-order valence-electron chi connectivity index (χ2n) is 6.94. The minimum absolute atomic E-state index is 0.00143. The van der Waals surface area contributed by atoms with Crippen LogP contribution in [0.15, 0.2) is 63.9 Å². The number of fused-ring (bicyclic) bond motifs is 1. The number of methoxy groups -OCH3 is 1. The van der Waals surface area contributed by atoms with Crippen LogP contribution >= 0.6 is 34.7 Å². The number of anilines is 1. The van der Waals surface area contributed by atoms with Gasteiger partial charge in [-0.3, -0.25) is 14.2 Å². The van der Waals surface area contributed by atoms with Gasteiger partial charge >= 0.3 is 5.97 Å². The number of nitrogens with one attached hydrogen (secondary N) is 1. The van der Waals surface area contributed by atoms with Crippen molar-refractivity contribution in [2.45, 2.75) is 5.16 Å². The molecule has 0 unspecified atom stereocenters. The van der Waals surface area contributed by atoms with Gasteiger partial charge in [-0.1, -0.05) is 53.7 Å². The maximum atomic E-state index is 12.7. The summed E-state index contributed by atoms with van der Waals surface area (Å²) in [5.41, 5.74) is 1.88. The number of thiophene rings is 1. The van der Waals surface area contributed by atoms with Gasteiger partial charge in [0.15, 0.2) is 5.16 Å². The van der Waals surface area contributed by atoms with E-state index in [9.17, 15) is 14.4 Å². The number of aromatic nitrogens is 2. The lowest BCUT2D eigenvalue weighted by Gasteiger charge is -2.10. The smallest absolute Gasteiger partial charge is 0.341 e. The molecule has 4 aromatic rings. The first-order chi connectivity index (χ1) is 15.9. The molecule has 0 saturated carbocycles. The summed E-state index contributed by atoms with van der Waals surface area (Å²) in [6.45, 7) is 0. The summed E-state index contributed by atoms with van der Waals surface area (Å²) in [4.78, 5) is 42.2. The molecule has 168 valence electrons. The second kappa shape index (κ2) is 9.78. The van der Waals surface area contributed by atoms with E-state index in [0.717, 1.165) is 11.8 Å². The maximum Gasteiger partial charge on any atom is 0.341 e. The number of rotatable bonds is 6. The lowest BCUT2D eigenvalue weighted by molar-refractivity contribution is -0.113. The van der Waals surface area contributed by atoms with Crippen LogP contribution in [0.2, 0.25) is 5.02 Å². The minimum Gasteiger partial charge on any atom is -0.465 e. The molecule has 0 fully saturated rings. The van der Waals surface area contributed by atoms with Crippen molar-refractivity contribution in [3.63, 3.8) is 0 Å². The largest absolute Gasteiger partial charge is 0.465 e. The van der Waals surface area contributed by atoms with Crippen LogP contribution in [-0.2, 0) is 16.6 Å². The number of ether oxygens (including phenoxy) is 1. The van der Waals surface area contributed by atoms with Crippen molar-refractivity contribution in [2.24, 2.45) is 7.05 Å². The lowest BCUT2D eigenvalue weighted by Crippen LogP contribution is -2.21. The molecule has 0 radical (unpaired) electrons. The van der Waals surface area contributed by atoms with Crippen LogP contribution in [0.5, 0.6) is 0 Å². The summed E-state index contributed by atoms with van der Waals surface area (Å²) in [6, 6.07) is 14.2. The number of amides is 1. The standard InChI is InChI=1S/C23H18ClN3O4S2/c1-27-21(29)14-8-4-6-10-17(14)25-23(27)33-12-18(28)26-20-19(22(30)31-2)15(11-32-20)13-7-3-5-9-16(13)24/h3-11H,12H2,1-2H3,(H,26,28). The van der Waals surface area contributed by atoms with Gasteiger partial charge in [0.25, 0.3) is 5.56 Å². The molecule has 0 aliphatic heterocycles. The quantitative estimate of drug-likeness (QED) is 0.232. The fraction of sp³-hybridized carbons (Fsp3) is 0.130. The topological polar surface area (TPSA) is 90.3 Å². The molecule has 1 amide bonds. The van der Waals surface area contributed by atoms with E-state index in [1.165, 1.54) is 23.0 Å². The van der Waals surface area contributed by atoms with Crippen LogP contribution in [-0.4, -0.2) is 34.3 Å². The van der Waals surface area contributed by atoms with Gasteiger partial charge in [0, 0.05) is 28.6 Å². The number of carbonyl (C=O) groups is 2. The second-order valence-corrected chi connectivity index (χ2v) is 9.17. The predicted octanol–water partition coefficient (Wildman–Crippen LogP) is 4.83. The number of nitrogens with zero attached hydrogens (tertiary/aromatic N) is 2. The molecule has 2 aromatic heterocycles. The van der Waals surface area contributed by atoms with E-state index >= 15 is 0 Å². The maximum absolute atomic E-state index is 12.7. The van der Waals surface area contributed by atoms with Gasteiger partial charge in [-0.15, -0.1) is 11.3 Å². The summed E-state index contributed by atoms with van der Waals surface area (Å²) in [6.07, 6.45) is 0. The van der Waals surface area contributed by atoms with E-state index in [4.69, 9.17) is 16.3 Å². The number of hydrogen-bond acceptors (Lipinski definition) is 7. The van der Waals surface area contributed by atoms with Crippen molar-refractivity contribution < 1.29 is 14.3 Å². The molecular formula is C23H18ClN3O4S2. The molecule has 2 aromatic carbocycles. The van der Waals surface area contributed by atoms with Crippen molar-refractivity contribution >= 4 is 62.5 Å². The molecular weight excluding hydrogens is 482 g/mol. The highest BCUT2D eigenvalue weighted by Gasteiger charge is 2.23. The zero-order chi connectivity index (χ0) is 23.5. The number of para-hydroxylation sites is 1. The number of benzene rings is 2. The average molecular weight is 500 g/mol. The molecule has 0 atom stereocenters. The first kappa shape index (κ1) is 23.0. The Labute approximate surface area is 202 Å². The Hall–Kier alpha value is -3.14. The third kappa shape index (κ3) is 4.66. The predicted molar refractivity (Wildman–Crippen MR) is 132 cm³/mol. The van der Waals surface area contributed by atoms with E-state index in [-0.39, 0.29) is 22.8 Å². The first-order valence-corrected chi connectivity index (χ1v) is 12.0. The lowest BCUT2D eigenvalue weighted by atomic mass is 10.0. The molecule has 2 heterocycles. The first-order valence-electron chi connectivity index (χ1n) is 9.73. The van der Waals surface area contributed by atoms with Crippen molar-refractivity contribution in [3.05, 3.63) is 74.9 Å². The van der Waals surface area contributed by atoms with E-state index < -0.39 is 5.97 Å². The number of esters is 1. The van der Waals surface area contributed by atoms with Crippen LogP contribution in [0.4, 0.5) is 5.00 Å². The van der Waals surface area contributed by atoms with Gasteiger partial charge in [-0.05, 0) is 18.2 Å². The van der Waals surface area contributed by atoms with Crippen LogP contribution in [0.3, 0.4) is 0 Å². The van der Waals surface area contributed by atoms with Gasteiger partial charge in [0.05, 0.1) is 23.8 Å². The Kier molecular flexibility index (Phi) is 6.83. The molecule has 4 rings (SSSR count). The summed E-state index contributed by atoms with van der Waals surface area (Å²) in [5.74, 6) is -0.925. The molecule has 10 heteroatoms. The van der Waals surface area contributed by atoms with E-state index in [2.05, 4.69) is 10.3 Å². The van der Waals surface area contributed by atoms with Crippen molar-refractivity contribution in [1.82, 2.24) is 9.55 Å². The van der Waals surface area contributed by atoms with Gasteiger partial charge in [-0.25, -0.2) is 9.78 Å². The number of hydrogen-bond donors (Lipinski definition) is 1. The Morgan fingerprint density at radius 1 is 1.15 bits per heavy atom. The van der Waals surface area contributed by atoms with Gasteiger partial charge in [0.1, 0.15) is 10.6 Å². The van der Waals surface area contributed by atoms with Gasteiger partial charge < -0.3 is 10.1 Å². The van der Waals surface area contributed by atoms with E-state index in [0.29, 0.717) is 37.2 Å². The van der Waals surface area contributed by atoms with Crippen LogP contribution in [0.1, 0.15) is 10.4 Å². The minimum atomic E-state index is -0.576. The molecule has 0 aliphatic carbocycles. The van der Waals surface area contributed by atoms with Crippen molar-refractivity contribution in [1.29, 1.82) is 0 Å². The Morgan fingerprint density at radius 3 is 2.64 bits per heavy atom. The molecule has 0 bridgehead atoms. The fourth-order valence-corrected chi connectivity index (χ4v) is 5.23. The van der Waals surface area contributed by atoms with Crippen LogP contribution in [0.25, 0.3) is 22.0 Å². The molecule has 0 spiro atoms. The van der Waals surface area contributed by atoms with Crippen LogP contribution < -0.4 is 10.9 Å². The molecule has 0 aliphatic rings. The summed E-state index contributed by atoms with van der Waals surface area (Å²) in [7, 11) is 2.90. The molecule has 7 nitrogen and oxygen atoms in total. The highest BCUT2D eigenvalue weighted by atomic mass is 35.5. The van der Waals surface area contributed by atoms with Crippen molar-refractivity contribution in [2.75, 3.05) is 18.2 Å². The van der Waals surface area contributed by atoms with Gasteiger partial charge in [0.2, 0.25) is 5.91 Å². The van der Waals surface area contributed by atoms with Crippen molar-refractivity contribution in [3.8, 4) is 11.1 Å². The molecule has 1 N–H and O–H groups in total. The Morgan fingerprint density at radius 2 is 1.88 bits per heavy atom. The monoisotopic (exact) mass is 499 g/mol. The molecule has 33 heavy (non-hydrogen) atoms. The SMILES string of the molecule is COC(=O)c1c(-c2ccccc2Cl)csc1NC(=O)CSc1nc2ccccc2c(=O)n1C. The van der Waals surface area contributed by atoms with E-state index in [1.54, 1.807) is 54.9 Å². The zero-order valence-electron chi connectivity index (χ0n) is 17.6. The average Bonchev–Trinajstić information content (AvgIpc) is 3.23. The Bertz CT molecular complexity index is 1430.